The van der Waals surface area contributed by atoms with Crippen molar-refractivity contribution in [3.05, 3.63) is 88.7 Å². The minimum absolute atomic E-state index is 0.0641. The van der Waals surface area contributed by atoms with Crippen LogP contribution in [0.1, 0.15) is 57.3 Å². The predicted molar refractivity (Wildman–Crippen MR) is 166 cm³/mol. The molecule has 11 nitrogen and oxygen atoms in total. The van der Waals surface area contributed by atoms with Gasteiger partial charge in [-0.1, -0.05) is 30.3 Å². The summed E-state index contributed by atoms with van der Waals surface area (Å²) >= 11 is 0. The number of aromatic carboxylic acids is 1. The normalized spacial score (nSPS) is 15.8. The topological polar surface area (TPSA) is 161 Å². The number of carbonyl (C=O) groups is 2. The van der Waals surface area contributed by atoms with Crippen molar-refractivity contribution in [2.24, 2.45) is 0 Å². The maximum atomic E-state index is 13.6. The molecule has 1 fully saturated rings. The van der Waals surface area contributed by atoms with Crippen molar-refractivity contribution in [3.63, 3.8) is 0 Å². The molecular formula is C31H39N5O6S. The van der Waals surface area contributed by atoms with E-state index in [1.807, 2.05) is 37.3 Å². The van der Waals surface area contributed by atoms with Crippen LogP contribution in [-0.4, -0.2) is 73.0 Å². The minimum Gasteiger partial charge on any atom is -0.478 e. The number of carboxylic acid groups (broad SMARTS) is 1. The fourth-order valence-electron chi connectivity index (χ4n) is 5.07. The van der Waals surface area contributed by atoms with Crippen LogP contribution in [-0.2, 0) is 23.0 Å². The van der Waals surface area contributed by atoms with Crippen molar-refractivity contribution in [2.75, 3.05) is 35.0 Å². The van der Waals surface area contributed by atoms with Crippen LogP contribution in [0, 0.1) is 6.92 Å². The Bertz CT molecular complexity index is 1530. The van der Waals surface area contributed by atoms with Crippen LogP contribution in [0.4, 0.5) is 11.4 Å². The van der Waals surface area contributed by atoms with Crippen molar-refractivity contribution in [3.8, 4) is 0 Å². The van der Waals surface area contributed by atoms with Crippen LogP contribution in [0.15, 0.2) is 60.8 Å². The summed E-state index contributed by atoms with van der Waals surface area (Å²) in [5, 5.41) is 29.9. The molecule has 0 aliphatic carbocycles. The lowest BCUT2D eigenvalue weighted by Gasteiger charge is -2.29. The van der Waals surface area contributed by atoms with Crippen LogP contribution in [0.25, 0.3) is 0 Å². The van der Waals surface area contributed by atoms with Gasteiger partial charge in [-0.25, -0.2) is 13.2 Å². The molecule has 1 saturated heterocycles. The maximum absolute atomic E-state index is 13.6. The van der Waals surface area contributed by atoms with Crippen molar-refractivity contribution in [1.82, 2.24) is 15.6 Å². The number of nitrogens with one attached hydrogen (secondary N) is 3. The molecule has 5 N–H and O–H groups in total. The summed E-state index contributed by atoms with van der Waals surface area (Å²) < 4.78 is 27.0. The quantitative estimate of drug-likeness (QED) is 0.196. The van der Waals surface area contributed by atoms with Crippen LogP contribution < -0.4 is 20.3 Å². The summed E-state index contributed by atoms with van der Waals surface area (Å²) in [6, 6.07) is 15.3. The van der Waals surface area contributed by atoms with Crippen molar-refractivity contribution < 1.29 is 28.2 Å². The number of pyridine rings is 1. The Hall–Kier alpha value is -4.00. The van der Waals surface area contributed by atoms with Gasteiger partial charge in [0.15, 0.2) is 0 Å². The van der Waals surface area contributed by atoms with Crippen molar-refractivity contribution in [2.45, 2.75) is 51.8 Å². The van der Waals surface area contributed by atoms with E-state index in [4.69, 9.17) is 0 Å². The molecule has 43 heavy (non-hydrogen) atoms. The number of aliphatic hydroxyl groups is 1. The summed E-state index contributed by atoms with van der Waals surface area (Å²) in [6.45, 7) is 4.87. The number of amides is 1. The Balaban J connectivity index is 1.53. The zero-order chi connectivity index (χ0) is 31.0. The third kappa shape index (κ3) is 8.53. The molecule has 0 saturated carbocycles. The maximum Gasteiger partial charge on any atom is 0.337 e. The largest absolute Gasteiger partial charge is 0.478 e. The zero-order valence-corrected chi connectivity index (χ0v) is 25.2. The first-order chi connectivity index (χ1) is 20.6. The van der Waals surface area contributed by atoms with Gasteiger partial charge < -0.3 is 26.2 Å². The van der Waals surface area contributed by atoms with Gasteiger partial charge in [-0.15, -0.1) is 0 Å². The van der Waals surface area contributed by atoms with E-state index in [0.717, 1.165) is 12.0 Å². The molecule has 2 atom stereocenters. The number of aryl methyl sites for hydroxylation is 1. The van der Waals surface area contributed by atoms with E-state index in [1.165, 1.54) is 4.31 Å². The first kappa shape index (κ1) is 31.9. The summed E-state index contributed by atoms with van der Waals surface area (Å²) in [6.07, 6.45) is 2.28. The summed E-state index contributed by atoms with van der Waals surface area (Å²) in [5.41, 5.74) is 3.44. The van der Waals surface area contributed by atoms with Crippen LogP contribution in [0.5, 0.6) is 0 Å². The van der Waals surface area contributed by atoms with Gasteiger partial charge in [0.05, 0.1) is 34.8 Å². The van der Waals surface area contributed by atoms with Gasteiger partial charge >= 0.3 is 5.97 Å². The number of nitrogens with zero attached hydrogens (tertiary/aromatic N) is 2. The fraction of sp³-hybridized carbons (Fsp3) is 0.387. The Morgan fingerprint density at radius 2 is 1.84 bits per heavy atom. The lowest BCUT2D eigenvalue weighted by molar-refractivity contribution is 0.0695. The molecule has 4 rings (SSSR count). The predicted octanol–water partition coefficient (Wildman–Crippen LogP) is 2.94. The average molecular weight is 610 g/mol. The molecule has 1 aliphatic rings. The highest BCUT2D eigenvalue weighted by Gasteiger charge is 2.28. The van der Waals surface area contributed by atoms with Crippen LogP contribution in [0.2, 0.25) is 0 Å². The van der Waals surface area contributed by atoms with Crippen molar-refractivity contribution in [1.29, 1.82) is 0 Å². The molecule has 2 aromatic carbocycles. The van der Waals surface area contributed by atoms with Gasteiger partial charge in [0, 0.05) is 43.6 Å². The molecule has 3 aromatic rings. The number of sulfonamides is 1. The highest BCUT2D eigenvalue weighted by Crippen LogP contribution is 2.28. The van der Waals surface area contributed by atoms with E-state index >= 15 is 0 Å². The average Bonchev–Trinajstić information content (AvgIpc) is 2.97. The minimum atomic E-state index is -3.48. The lowest BCUT2D eigenvalue weighted by atomic mass is 10.00. The molecule has 1 aromatic heterocycles. The van der Waals surface area contributed by atoms with E-state index in [1.54, 1.807) is 37.4 Å². The standard InChI is InChI=1S/C31H39N5O6S/c1-3-33-25-15-24(16-26(17-25)36-11-7-8-12-43(36,41)42)30(38)35-28(14-22-9-5-4-6-10-22)29(37)20-32-18-23-13-27(31(39)40)21(2)34-19-23/h4-6,9-10,13,15-17,19,28-29,32-33,37H,3,7-8,11-12,14,18,20H2,1-2H3,(H,35,38)(H,39,40)/t28-,29+/m0/s1. The van der Waals surface area contributed by atoms with Crippen LogP contribution >= 0.6 is 0 Å². The second-order valence-electron chi connectivity index (χ2n) is 10.6. The van der Waals surface area contributed by atoms with Gasteiger partial charge in [-0.05, 0) is 68.5 Å². The Morgan fingerprint density at radius 3 is 2.53 bits per heavy atom. The van der Waals surface area contributed by atoms with E-state index < -0.39 is 34.0 Å². The lowest BCUT2D eigenvalue weighted by Crippen LogP contribution is -2.48. The third-order valence-electron chi connectivity index (χ3n) is 7.33. The van der Waals surface area contributed by atoms with Gasteiger partial charge in [0.2, 0.25) is 10.0 Å². The number of hydrogen-bond acceptors (Lipinski definition) is 8. The molecule has 0 bridgehead atoms. The van der Waals surface area contributed by atoms with E-state index in [2.05, 4.69) is 20.9 Å². The molecule has 1 aliphatic heterocycles. The molecule has 0 spiro atoms. The smallest absolute Gasteiger partial charge is 0.337 e. The van der Waals surface area contributed by atoms with Gasteiger partial charge in [-0.2, -0.15) is 0 Å². The molecule has 0 radical (unpaired) electrons. The molecule has 12 heteroatoms. The number of carboxylic acids is 1. The number of benzene rings is 2. The summed E-state index contributed by atoms with van der Waals surface area (Å²) in [7, 11) is -3.48. The Labute approximate surface area is 252 Å². The van der Waals surface area contributed by atoms with Crippen LogP contribution in [0.3, 0.4) is 0 Å². The monoisotopic (exact) mass is 609 g/mol. The third-order valence-corrected chi connectivity index (χ3v) is 9.20. The first-order valence-corrected chi connectivity index (χ1v) is 16.0. The zero-order valence-electron chi connectivity index (χ0n) is 24.4. The van der Waals surface area contributed by atoms with Gasteiger partial charge in [0.1, 0.15) is 0 Å². The molecular weight excluding hydrogens is 570 g/mol. The number of anilines is 2. The Kier molecular flexibility index (Phi) is 10.7. The number of rotatable bonds is 13. The number of carbonyl (C=O) groups excluding carboxylic acids is 1. The van der Waals surface area contributed by atoms with E-state index in [9.17, 15) is 28.2 Å². The highest BCUT2D eigenvalue weighted by atomic mass is 32.2. The van der Waals surface area contributed by atoms with Crippen molar-refractivity contribution >= 4 is 33.3 Å². The second-order valence-corrected chi connectivity index (χ2v) is 12.7. The van der Waals surface area contributed by atoms with Gasteiger partial charge in [0.25, 0.3) is 5.91 Å². The number of hydrogen-bond donors (Lipinski definition) is 5. The fourth-order valence-corrected chi connectivity index (χ4v) is 6.69. The molecule has 230 valence electrons. The second kappa shape index (κ2) is 14.5. The number of aromatic nitrogens is 1. The SMILES string of the molecule is CCNc1cc(C(=O)N[C@@H](Cc2ccccc2)[C@H](O)CNCc2cnc(C)c(C(=O)O)c2)cc(N2CCCCS2(=O)=O)c1. The van der Waals surface area contributed by atoms with Gasteiger partial charge in [-0.3, -0.25) is 14.1 Å². The van der Waals surface area contributed by atoms with E-state index in [-0.39, 0.29) is 30.0 Å². The molecule has 0 unspecified atom stereocenters. The Morgan fingerprint density at radius 1 is 1.07 bits per heavy atom. The van der Waals surface area contributed by atoms with E-state index in [0.29, 0.717) is 48.6 Å². The molecule has 2 heterocycles. The highest BCUT2D eigenvalue weighted by molar-refractivity contribution is 7.92. The molecule has 1 amide bonds. The first-order valence-electron chi connectivity index (χ1n) is 14.4. The summed E-state index contributed by atoms with van der Waals surface area (Å²) in [4.78, 5) is 29.2. The number of aliphatic hydroxyl groups excluding tert-OH is 1. The summed E-state index contributed by atoms with van der Waals surface area (Å²) in [5.74, 6) is -1.44.